The Labute approximate surface area is 120 Å². The van der Waals surface area contributed by atoms with Crippen molar-refractivity contribution in [1.29, 1.82) is 0 Å². The van der Waals surface area contributed by atoms with Crippen molar-refractivity contribution in [3.05, 3.63) is 30.1 Å². The molecular formula is C14H15N3O2S. The maximum Gasteiger partial charge on any atom is 0.335 e. The molecule has 0 aliphatic carbocycles. The highest BCUT2D eigenvalue weighted by Crippen LogP contribution is 2.25. The molecule has 0 bridgehead atoms. The van der Waals surface area contributed by atoms with E-state index in [9.17, 15) is 4.79 Å². The van der Waals surface area contributed by atoms with Gasteiger partial charge in [0.15, 0.2) is 0 Å². The first-order chi connectivity index (χ1) is 9.74. The fourth-order valence-electron chi connectivity index (χ4n) is 2.32. The minimum atomic E-state index is -0.942. The number of benzene rings is 1. The summed E-state index contributed by atoms with van der Waals surface area (Å²) in [4.78, 5) is 19.4. The summed E-state index contributed by atoms with van der Waals surface area (Å²) in [7, 11) is 0. The van der Waals surface area contributed by atoms with Gasteiger partial charge >= 0.3 is 5.97 Å². The van der Waals surface area contributed by atoms with Gasteiger partial charge in [-0.1, -0.05) is 0 Å². The number of anilines is 1. The van der Waals surface area contributed by atoms with Crippen molar-refractivity contribution in [3.8, 4) is 0 Å². The zero-order chi connectivity index (χ0) is 13.9. The molecule has 0 saturated carbocycles. The van der Waals surface area contributed by atoms with Crippen molar-refractivity contribution in [1.82, 2.24) is 9.97 Å². The molecule has 1 fully saturated rings. The van der Waals surface area contributed by atoms with Gasteiger partial charge in [0.1, 0.15) is 12.1 Å². The average Bonchev–Trinajstić information content (AvgIpc) is 2.97. The van der Waals surface area contributed by atoms with E-state index in [1.807, 2.05) is 11.8 Å². The van der Waals surface area contributed by atoms with E-state index in [4.69, 9.17) is 5.11 Å². The Kier molecular flexibility index (Phi) is 3.73. The number of thioether (sulfide) groups is 1. The van der Waals surface area contributed by atoms with Crippen LogP contribution >= 0.6 is 11.8 Å². The molecule has 1 aromatic heterocycles. The van der Waals surface area contributed by atoms with Crippen molar-refractivity contribution in [2.75, 3.05) is 23.4 Å². The number of fused-ring (bicyclic) bond motifs is 1. The van der Waals surface area contributed by atoms with E-state index in [-0.39, 0.29) is 5.56 Å². The summed E-state index contributed by atoms with van der Waals surface area (Å²) in [5, 5.41) is 13.2. The second-order valence-corrected chi connectivity index (χ2v) is 6.02. The maximum atomic E-state index is 11.0. The van der Waals surface area contributed by atoms with Gasteiger partial charge in [0.25, 0.3) is 0 Å². The normalized spacial score (nSPS) is 18.3. The van der Waals surface area contributed by atoms with Gasteiger partial charge in [-0.3, -0.25) is 0 Å². The number of carbonyl (C=O) groups is 1. The lowest BCUT2D eigenvalue weighted by Crippen LogP contribution is -2.14. The van der Waals surface area contributed by atoms with Crippen molar-refractivity contribution < 1.29 is 9.90 Å². The number of carboxylic acid groups (broad SMARTS) is 1. The molecule has 1 unspecified atom stereocenters. The lowest BCUT2D eigenvalue weighted by atomic mass is 10.1. The second-order valence-electron chi connectivity index (χ2n) is 4.87. The van der Waals surface area contributed by atoms with Crippen LogP contribution in [0.4, 0.5) is 5.82 Å². The lowest BCUT2D eigenvalue weighted by molar-refractivity contribution is 0.0697. The second kappa shape index (κ2) is 5.66. The van der Waals surface area contributed by atoms with Crippen molar-refractivity contribution in [2.45, 2.75) is 6.42 Å². The maximum absolute atomic E-state index is 11.0. The van der Waals surface area contributed by atoms with Gasteiger partial charge in [0, 0.05) is 11.9 Å². The molecule has 2 heterocycles. The number of aromatic carboxylic acids is 1. The Morgan fingerprint density at radius 2 is 2.35 bits per heavy atom. The molecule has 3 rings (SSSR count). The predicted octanol–water partition coefficient (Wildman–Crippen LogP) is 2.49. The SMILES string of the molecule is O=C(O)c1ccc2c(NCC3CCSC3)ncnc2c1. The van der Waals surface area contributed by atoms with Crippen molar-refractivity contribution in [3.63, 3.8) is 0 Å². The molecule has 2 aromatic rings. The zero-order valence-electron chi connectivity index (χ0n) is 10.9. The molecule has 1 atom stereocenters. The Morgan fingerprint density at radius 1 is 1.45 bits per heavy atom. The third kappa shape index (κ3) is 2.70. The van der Waals surface area contributed by atoms with E-state index in [2.05, 4.69) is 15.3 Å². The molecule has 2 N–H and O–H groups in total. The van der Waals surface area contributed by atoms with Crippen LogP contribution in [0.25, 0.3) is 10.9 Å². The highest BCUT2D eigenvalue weighted by Gasteiger charge is 2.16. The fraction of sp³-hybridized carbons (Fsp3) is 0.357. The van der Waals surface area contributed by atoms with Gasteiger partial charge < -0.3 is 10.4 Å². The highest BCUT2D eigenvalue weighted by molar-refractivity contribution is 7.99. The van der Waals surface area contributed by atoms with Crippen molar-refractivity contribution in [2.24, 2.45) is 5.92 Å². The van der Waals surface area contributed by atoms with E-state index >= 15 is 0 Å². The Hall–Kier alpha value is -1.82. The summed E-state index contributed by atoms with van der Waals surface area (Å²) in [5.74, 6) is 2.95. The highest BCUT2D eigenvalue weighted by atomic mass is 32.2. The molecule has 0 radical (unpaired) electrons. The first kappa shape index (κ1) is 13.2. The van der Waals surface area contributed by atoms with Crippen LogP contribution in [-0.2, 0) is 0 Å². The third-order valence-corrected chi connectivity index (χ3v) is 4.70. The van der Waals surface area contributed by atoms with Crippen LogP contribution in [0.5, 0.6) is 0 Å². The molecule has 6 heteroatoms. The molecule has 5 nitrogen and oxygen atoms in total. The summed E-state index contributed by atoms with van der Waals surface area (Å²) in [5.41, 5.74) is 0.900. The molecule has 20 heavy (non-hydrogen) atoms. The van der Waals surface area contributed by atoms with Gasteiger partial charge in [0.2, 0.25) is 0 Å². The predicted molar refractivity (Wildman–Crippen MR) is 80.4 cm³/mol. The van der Waals surface area contributed by atoms with Crippen LogP contribution in [-0.4, -0.2) is 39.1 Å². The molecule has 0 spiro atoms. The van der Waals surface area contributed by atoms with Gasteiger partial charge in [-0.2, -0.15) is 11.8 Å². The molecule has 104 valence electrons. The topological polar surface area (TPSA) is 75.1 Å². The number of nitrogens with one attached hydrogen (secondary N) is 1. The lowest BCUT2D eigenvalue weighted by Gasteiger charge is -2.12. The number of aromatic nitrogens is 2. The summed E-state index contributed by atoms with van der Waals surface area (Å²) in [6.45, 7) is 0.903. The van der Waals surface area contributed by atoms with E-state index in [1.165, 1.54) is 24.3 Å². The fourth-order valence-corrected chi connectivity index (χ4v) is 3.60. The Balaban J connectivity index is 1.85. The van der Waals surface area contributed by atoms with E-state index in [0.717, 1.165) is 17.7 Å². The van der Waals surface area contributed by atoms with Gasteiger partial charge in [-0.25, -0.2) is 14.8 Å². The van der Waals surface area contributed by atoms with E-state index in [0.29, 0.717) is 11.4 Å². The Bertz CT molecular complexity index is 641. The van der Waals surface area contributed by atoms with E-state index < -0.39 is 5.97 Å². The van der Waals surface area contributed by atoms with Gasteiger partial charge in [-0.15, -0.1) is 0 Å². The van der Waals surface area contributed by atoms with Crippen LogP contribution in [0.2, 0.25) is 0 Å². The summed E-state index contributed by atoms with van der Waals surface area (Å²) < 4.78 is 0. The first-order valence-corrected chi connectivity index (χ1v) is 7.69. The minimum absolute atomic E-state index is 0.245. The Morgan fingerprint density at radius 3 is 3.10 bits per heavy atom. The molecule has 1 aliphatic rings. The molecular weight excluding hydrogens is 274 g/mol. The third-order valence-electron chi connectivity index (χ3n) is 3.47. The number of hydrogen-bond acceptors (Lipinski definition) is 5. The number of nitrogens with zero attached hydrogens (tertiary/aromatic N) is 2. The van der Waals surface area contributed by atoms with Crippen LogP contribution in [0.1, 0.15) is 16.8 Å². The van der Waals surface area contributed by atoms with Crippen LogP contribution in [0, 0.1) is 5.92 Å². The van der Waals surface area contributed by atoms with Crippen LogP contribution in [0.3, 0.4) is 0 Å². The van der Waals surface area contributed by atoms with Crippen LogP contribution in [0.15, 0.2) is 24.5 Å². The molecule has 0 amide bonds. The summed E-state index contributed by atoms with van der Waals surface area (Å²) in [6.07, 6.45) is 2.71. The zero-order valence-corrected chi connectivity index (χ0v) is 11.7. The van der Waals surface area contributed by atoms with Gasteiger partial charge in [0.05, 0.1) is 11.1 Å². The first-order valence-electron chi connectivity index (χ1n) is 6.54. The average molecular weight is 289 g/mol. The number of rotatable bonds is 4. The number of hydrogen-bond donors (Lipinski definition) is 2. The molecule has 1 saturated heterocycles. The molecule has 1 aliphatic heterocycles. The van der Waals surface area contributed by atoms with Crippen molar-refractivity contribution >= 4 is 34.5 Å². The number of carboxylic acids is 1. The molecule has 1 aromatic carbocycles. The largest absolute Gasteiger partial charge is 0.478 e. The van der Waals surface area contributed by atoms with Gasteiger partial charge in [-0.05, 0) is 42.0 Å². The van der Waals surface area contributed by atoms with Crippen LogP contribution < -0.4 is 5.32 Å². The monoisotopic (exact) mass is 289 g/mol. The standard InChI is InChI=1S/C14H15N3O2S/c18-14(19)10-1-2-11-12(5-10)16-8-17-13(11)15-6-9-3-4-20-7-9/h1-2,5,8-9H,3-4,6-7H2,(H,18,19)(H,15,16,17). The minimum Gasteiger partial charge on any atom is -0.478 e. The quantitative estimate of drug-likeness (QED) is 0.900. The van der Waals surface area contributed by atoms with E-state index in [1.54, 1.807) is 18.2 Å². The summed E-state index contributed by atoms with van der Waals surface area (Å²) in [6, 6.07) is 4.94. The summed E-state index contributed by atoms with van der Waals surface area (Å²) >= 11 is 1.99. The smallest absolute Gasteiger partial charge is 0.335 e.